The Morgan fingerprint density at radius 1 is 1.33 bits per heavy atom. The lowest BCUT2D eigenvalue weighted by Gasteiger charge is -2.36. The standard InChI is InChI=1S/C19H31FN2O6SSi/c1-19(2,3)30(5,6)27-10-9-21-17-8-7-14(11-16(17)20)22-12-15(28-18(22)23)13-26-29(4,24)25/h7-8,11,15,21H,9-10,12-13H2,1-6H3/t15-/m1/s1. The number of hydrogen-bond acceptors (Lipinski definition) is 7. The molecule has 1 heterocycles. The number of ether oxygens (including phenoxy) is 1. The molecule has 0 spiro atoms. The van der Waals surface area contributed by atoms with Gasteiger partial charge in [-0.3, -0.25) is 9.08 Å². The second kappa shape index (κ2) is 9.21. The van der Waals surface area contributed by atoms with Crippen LogP contribution < -0.4 is 10.2 Å². The van der Waals surface area contributed by atoms with Gasteiger partial charge in [0.1, 0.15) is 18.5 Å². The first-order valence-electron chi connectivity index (χ1n) is 9.69. The molecule has 1 fully saturated rings. The molecule has 30 heavy (non-hydrogen) atoms. The summed E-state index contributed by atoms with van der Waals surface area (Å²) in [5, 5.41) is 3.12. The molecule has 0 radical (unpaired) electrons. The third-order valence-corrected chi connectivity index (χ3v) is 10.4. The van der Waals surface area contributed by atoms with Crippen molar-refractivity contribution in [3.05, 3.63) is 24.0 Å². The van der Waals surface area contributed by atoms with Crippen LogP contribution in [0.5, 0.6) is 0 Å². The van der Waals surface area contributed by atoms with Crippen LogP contribution in [0.1, 0.15) is 20.8 Å². The van der Waals surface area contributed by atoms with E-state index in [1.165, 1.54) is 11.0 Å². The summed E-state index contributed by atoms with van der Waals surface area (Å²) in [6.07, 6.45) is -0.513. The van der Waals surface area contributed by atoms with Crippen LogP contribution in [0.15, 0.2) is 18.2 Å². The van der Waals surface area contributed by atoms with E-state index in [1.54, 1.807) is 12.1 Å². The topological polar surface area (TPSA) is 94.2 Å². The molecule has 1 atom stereocenters. The minimum absolute atomic E-state index is 0.0704. The van der Waals surface area contributed by atoms with E-state index in [9.17, 15) is 17.6 Å². The number of carbonyl (C=O) groups excluding carboxylic acids is 1. The molecule has 1 amide bonds. The first-order chi connectivity index (χ1) is 13.7. The summed E-state index contributed by atoms with van der Waals surface area (Å²) in [7, 11) is -5.49. The van der Waals surface area contributed by atoms with E-state index in [0.717, 1.165) is 6.26 Å². The second-order valence-corrected chi connectivity index (χ2v) is 15.3. The minimum Gasteiger partial charge on any atom is -0.441 e. The predicted octanol–water partition coefficient (Wildman–Crippen LogP) is 3.56. The third-order valence-electron chi connectivity index (χ3n) is 5.29. The van der Waals surface area contributed by atoms with E-state index >= 15 is 0 Å². The van der Waals surface area contributed by atoms with Crippen molar-refractivity contribution in [3.8, 4) is 0 Å². The summed E-state index contributed by atoms with van der Waals surface area (Å²) < 4.78 is 52.5. The zero-order valence-electron chi connectivity index (χ0n) is 18.3. The molecule has 0 saturated carbocycles. The molecule has 170 valence electrons. The van der Waals surface area contributed by atoms with Gasteiger partial charge >= 0.3 is 6.09 Å². The lowest BCUT2D eigenvalue weighted by Crippen LogP contribution is -2.41. The van der Waals surface area contributed by atoms with Crippen LogP contribution in [-0.2, 0) is 23.5 Å². The molecule has 0 aromatic heterocycles. The number of hydrogen-bond donors (Lipinski definition) is 1. The Hall–Kier alpha value is -1.69. The normalized spacial score (nSPS) is 17.9. The molecule has 0 bridgehead atoms. The average Bonchev–Trinajstić information content (AvgIpc) is 2.97. The largest absolute Gasteiger partial charge is 0.441 e. The van der Waals surface area contributed by atoms with Gasteiger partial charge in [-0.25, -0.2) is 9.18 Å². The van der Waals surface area contributed by atoms with E-state index in [1.807, 2.05) is 0 Å². The fourth-order valence-electron chi connectivity index (χ4n) is 2.54. The van der Waals surface area contributed by atoms with Crippen LogP contribution in [0.4, 0.5) is 20.6 Å². The summed E-state index contributed by atoms with van der Waals surface area (Å²) >= 11 is 0. The van der Waals surface area contributed by atoms with Crippen LogP contribution in [0.25, 0.3) is 0 Å². The van der Waals surface area contributed by atoms with Gasteiger partial charge in [0.2, 0.25) is 0 Å². The molecule has 8 nitrogen and oxygen atoms in total. The van der Waals surface area contributed by atoms with Crippen LogP contribution >= 0.6 is 0 Å². The molecule has 1 aliphatic rings. The summed E-state index contributed by atoms with van der Waals surface area (Å²) in [5.74, 6) is -0.511. The molecule has 1 aromatic rings. The summed E-state index contributed by atoms with van der Waals surface area (Å²) in [5.41, 5.74) is 0.629. The van der Waals surface area contributed by atoms with Crippen molar-refractivity contribution >= 4 is 35.9 Å². The number of halogens is 1. The molecule has 2 rings (SSSR count). The van der Waals surface area contributed by atoms with Crippen LogP contribution in [0.3, 0.4) is 0 Å². The summed E-state index contributed by atoms with van der Waals surface area (Å²) in [4.78, 5) is 13.3. The zero-order chi connectivity index (χ0) is 22.7. The highest BCUT2D eigenvalue weighted by Gasteiger charge is 2.37. The second-order valence-electron chi connectivity index (χ2n) is 8.80. The Balaban J connectivity index is 1.91. The van der Waals surface area contributed by atoms with Crippen molar-refractivity contribution < 1.29 is 30.9 Å². The Morgan fingerprint density at radius 2 is 2.00 bits per heavy atom. The van der Waals surface area contributed by atoms with Crippen molar-refractivity contribution in [2.75, 3.05) is 42.8 Å². The van der Waals surface area contributed by atoms with Crippen molar-refractivity contribution in [1.82, 2.24) is 0 Å². The van der Waals surface area contributed by atoms with E-state index < -0.39 is 36.4 Å². The molecule has 1 aromatic carbocycles. The van der Waals surface area contributed by atoms with Gasteiger partial charge in [-0.15, -0.1) is 0 Å². The smallest absolute Gasteiger partial charge is 0.414 e. The highest BCUT2D eigenvalue weighted by Crippen LogP contribution is 2.36. The number of cyclic esters (lactones) is 1. The van der Waals surface area contributed by atoms with Gasteiger partial charge in [0.15, 0.2) is 8.32 Å². The monoisotopic (exact) mass is 462 g/mol. The average molecular weight is 463 g/mol. The number of rotatable bonds is 9. The molecular formula is C19H31FN2O6SSi. The van der Waals surface area contributed by atoms with Gasteiger partial charge in [-0.2, -0.15) is 8.42 Å². The van der Waals surface area contributed by atoms with Crippen molar-refractivity contribution in [2.24, 2.45) is 0 Å². The zero-order valence-corrected chi connectivity index (χ0v) is 20.1. The predicted molar refractivity (Wildman–Crippen MR) is 116 cm³/mol. The third kappa shape index (κ3) is 6.66. The Morgan fingerprint density at radius 3 is 2.57 bits per heavy atom. The fourth-order valence-corrected chi connectivity index (χ4v) is 3.99. The highest BCUT2D eigenvalue weighted by molar-refractivity contribution is 7.85. The minimum atomic E-state index is -3.64. The number of amides is 1. The van der Waals surface area contributed by atoms with E-state index in [-0.39, 0.29) is 18.2 Å². The fraction of sp³-hybridized carbons (Fsp3) is 0.632. The van der Waals surface area contributed by atoms with Gasteiger partial charge in [-0.1, -0.05) is 20.8 Å². The van der Waals surface area contributed by atoms with Crippen LogP contribution in [-0.4, -0.2) is 61.5 Å². The van der Waals surface area contributed by atoms with Crippen molar-refractivity contribution in [1.29, 1.82) is 0 Å². The number of anilines is 2. The van der Waals surface area contributed by atoms with Crippen LogP contribution in [0, 0.1) is 5.82 Å². The lowest BCUT2D eigenvalue weighted by atomic mass is 10.2. The molecule has 1 saturated heterocycles. The SMILES string of the molecule is CC(C)(C)[Si](C)(C)OCCNc1ccc(N2C[C@H](COS(C)(=O)=O)OC2=O)cc1F. The summed E-state index contributed by atoms with van der Waals surface area (Å²) in [6, 6.07) is 4.38. The Labute approximate surface area is 178 Å². The Kier molecular flexibility index (Phi) is 7.54. The maximum absolute atomic E-state index is 14.5. The van der Waals surface area contributed by atoms with Gasteiger partial charge < -0.3 is 14.5 Å². The number of benzene rings is 1. The first kappa shape index (κ1) is 24.6. The van der Waals surface area contributed by atoms with E-state index in [4.69, 9.17) is 9.16 Å². The van der Waals surface area contributed by atoms with Crippen molar-refractivity contribution in [3.63, 3.8) is 0 Å². The van der Waals surface area contributed by atoms with E-state index in [0.29, 0.717) is 24.5 Å². The lowest BCUT2D eigenvalue weighted by molar-refractivity contribution is 0.107. The number of carbonyl (C=O) groups is 1. The maximum atomic E-state index is 14.5. The number of nitrogens with one attached hydrogen (secondary N) is 1. The summed E-state index contributed by atoms with van der Waals surface area (Å²) in [6.45, 7) is 11.5. The quantitative estimate of drug-likeness (QED) is 0.341. The van der Waals surface area contributed by atoms with Crippen molar-refractivity contribution in [2.45, 2.75) is 45.0 Å². The Bertz CT molecular complexity index is 872. The molecule has 1 aliphatic heterocycles. The van der Waals surface area contributed by atoms with Gasteiger partial charge in [0.05, 0.1) is 30.8 Å². The molecule has 1 N–H and O–H groups in total. The maximum Gasteiger partial charge on any atom is 0.414 e. The first-order valence-corrected chi connectivity index (χ1v) is 14.4. The molecule has 0 aliphatic carbocycles. The molecular weight excluding hydrogens is 431 g/mol. The van der Waals surface area contributed by atoms with Gasteiger partial charge in [-0.05, 0) is 36.3 Å². The van der Waals surface area contributed by atoms with Crippen LogP contribution in [0.2, 0.25) is 18.1 Å². The van der Waals surface area contributed by atoms with E-state index in [2.05, 4.69) is 43.4 Å². The number of nitrogens with zero attached hydrogens (tertiary/aromatic N) is 1. The molecule has 11 heteroatoms. The molecule has 0 unspecified atom stereocenters. The highest BCUT2D eigenvalue weighted by atomic mass is 32.2. The van der Waals surface area contributed by atoms with Gasteiger partial charge in [0.25, 0.3) is 10.1 Å². The van der Waals surface area contributed by atoms with Gasteiger partial charge in [0, 0.05) is 6.54 Å².